The van der Waals surface area contributed by atoms with Gasteiger partial charge in [0, 0.05) is 11.9 Å². The maximum atomic E-state index is 12.5. The Morgan fingerprint density at radius 1 is 1.07 bits per heavy atom. The molecule has 2 aromatic heterocycles. The minimum Gasteiger partial charge on any atom is -0.468 e. The van der Waals surface area contributed by atoms with Gasteiger partial charge in [0.25, 0.3) is 12.0 Å². The van der Waals surface area contributed by atoms with Gasteiger partial charge >= 0.3 is 0 Å². The molecule has 1 N–H and O–H groups in total. The number of benzene rings is 2. The van der Waals surface area contributed by atoms with Crippen LogP contribution in [0.2, 0.25) is 0 Å². The Kier molecular flexibility index (Phi) is 7.10. The second-order valence-corrected chi connectivity index (χ2v) is 6.68. The van der Waals surface area contributed by atoms with Crippen molar-refractivity contribution in [1.29, 1.82) is 0 Å². The quantitative estimate of drug-likeness (QED) is 0.294. The van der Waals surface area contributed by atoms with E-state index in [2.05, 4.69) is 20.0 Å². The van der Waals surface area contributed by atoms with Gasteiger partial charge in [-0.15, -0.1) is 0 Å². The highest BCUT2D eigenvalue weighted by molar-refractivity contribution is 5.79. The standard InChI is InChI=1S/C18H14N4O.C5H10O2/c1-12-6-2-4-8-14(12)19-16-10-11-22-17(23)13-7-3-5-9-15(13)20-18(22)21-16;1-2-3-4-7-5-6/h2-11H,1H3,(H,19,20,21);5H,2-4H2,1H3. The lowest BCUT2D eigenvalue weighted by Gasteiger charge is -2.09. The van der Waals surface area contributed by atoms with Gasteiger partial charge in [0.05, 0.1) is 17.5 Å². The third-order valence-electron chi connectivity index (χ3n) is 4.48. The summed E-state index contributed by atoms with van der Waals surface area (Å²) in [5.74, 6) is 1.04. The molecule has 0 unspecified atom stereocenters. The average Bonchev–Trinajstić information content (AvgIpc) is 2.76. The Labute approximate surface area is 174 Å². The van der Waals surface area contributed by atoms with Gasteiger partial charge in [0.2, 0.25) is 5.78 Å². The first kappa shape index (κ1) is 21.0. The van der Waals surface area contributed by atoms with Crippen LogP contribution in [0.3, 0.4) is 0 Å². The zero-order valence-corrected chi connectivity index (χ0v) is 17.0. The van der Waals surface area contributed by atoms with Crippen LogP contribution < -0.4 is 10.9 Å². The first-order valence-corrected chi connectivity index (χ1v) is 9.80. The van der Waals surface area contributed by atoms with E-state index in [0.717, 1.165) is 24.1 Å². The third kappa shape index (κ3) is 5.00. The minimum absolute atomic E-state index is 0.111. The van der Waals surface area contributed by atoms with Crippen molar-refractivity contribution in [2.24, 2.45) is 0 Å². The Balaban J connectivity index is 0.000000318. The molecule has 0 radical (unpaired) electrons. The monoisotopic (exact) mass is 404 g/mol. The summed E-state index contributed by atoms with van der Waals surface area (Å²) in [7, 11) is 0. The van der Waals surface area contributed by atoms with E-state index in [1.165, 1.54) is 4.40 Å². The smallest absolute Gasteiger partial charge is 0.293 e. The van der Waals surface area contributed by atoms with Gasteiger partial charge in [0.1, 0.15) is 5.82 Å². The fraction of sp³-hybridized carbons (Fsp3) is 0.217. The summed E-state index contributed by atoms with van der Waals surface area (Å²) >= 11 is 0. The zero-order valence-electron chi connectivity index (χ0n) is 17.0. The molecule has 7 nitrogen and oxygen atoms in total. The number of fused-ring (bicyclic) bond motifs is 2. The maximum Gasteiger partial charge on any atom is 0.293 e. The average molecular weight is 404 g/mol. The van der Waals surface area contributed by atoms with Gasteiger partial charge in [-0.3, -0.25) is 14.0 Å². The van der Waals surface area contributed by atoms with Crippen molar-refractivity contribution in [2.75, 3.05) is 11.9 Å². The maximum absolute atomic E-state index is 12.5. The number of aromatic nitrogens is 3. The number of carbonyl (C=O) groups excluding carboxylic acids is 1. The van der Waals surface area contributed by atoms with Gasteiger partial charge in [0.15, 0.2) is 0 Å². The molecule has 154 valence electrons. The van der Waals surface area contributed by atoms with Crippen LogP contribution in [0.25, 0.3) is 16.7 Å². The first-order chi connectivity index (χ1) is 14.6. The van der Waals surface area contributed by atoms with Crippen LogP contribution in [-0.2, 0) is 9.53 Å². The van der Waals surface area contributed by atoms with E-state index in [4.69, 9.17) is 0 Å². The molecule has 0 bridgehead atoms. The predicted octanol–water partition coefficient (Wildman–Crippen LogP) is 4.25. The summed E-state index contributed by atoms with van der Waals surface area (Å²) in [6.07, 6.45) is 3.75. The van der Waals surface area contributed by atoms with Crippen molar-refractivity contribution in [3.05, 3.63) is 76.7 Å². The number of unbranched alkanes of at least 4 members (excludes halogenated alkanes) is 1. The lowest BCUT2D eigenvalue weighted by Crippen LogP contribution is -2.16. The number of ether oxygens (including phenoxy) is 1. The molecule has 4 rings (SSSR count). The summed E-state index contributed by atoms with van der Waals surface area (Å²) in [4.78, 5) is 30.9. The van der Waals surface area contributed by atoms with Gasteiger partial charge in [-0.25, -0.2) is 4.98 Å². The molecule has 2 aromatic carbocycles. The van der Waals surface area contributed by atoms with Crippen molar-refractivity contribution in [2.45, 2.75) is 26.7 Å². The predicted molar refractivity (Wildman–Crippen MR) is 118 cm³/mol. The Hall–Kier alpha value is -3.74. The molecular weight excluding hydrogens is 380 g/mol. The molecule has 0 saturated carbocycles. The van der Waals surface area contributed by atoms with Crippen LogP contribution in [-0.4, -0.2) is 27.4 Å². The van der Waals surface area contributed by atoms with Gasteiger partial charge in [-0.05, 0) is 43.2 Å². The fourth-order valence-corrected chi connectivity index (χ4v) is 2.83. The molecule has 30 heavy (non-hydrogen) atoms. The highest BCUT2D eigenvalue weighted by atomic mass is 16.5. The summed E-state index contributed by atoms with van der Waals surface area (Å²) in [5.41, 5.74) is 2.64. The van der Waals surface area contributed by atoms with Crippen LogP contribution >= 0.6 is 0 Å². The third-order valence-corrected chi connectivity index (χ3v) is 4.48. The lowest BCUT2D eigenvalue weighted by molar-refractivity contribution is -0.128. The number of rotatable bonds is 6. The topological polar surface area (TPSA) is 85.6 Å². The number of nitrogens with one attached hydrogen (secondary N) is 1. The second kappa shape index (κ2) is 10.2. The Morgan fingerprint density at radius 2 is 1.83 bits per heavy atom. The van der Waals surface area contributed by atoms with E-state index in [0.29, 0.717) is 35.6 Å². The highest BCUT2D eigenvalue weighted by Crippen LogP contribution is 2.18. The second-order valence-electron chi connectivity index (χ2n) is 6.68. The van der Waals surface area contributed by atoms with E-state index in [1.54, 1.807) is 18.3 Å². The number of anilines is 2. The largest absolute Gasteiger partial charge is 0.468 e. The molecule has 0 aliphatic carbocycles. The Morgan fingerprint density at radius 3 is 2.60 bits per heavy atom. The molecule has 2 heterocycles. The molecule has 0 aliphatic heterocycles. The van der Waals surface area contributed by atoms with E-state index in [9.17, 15) is 9.59 Å². The minimum atomic E-state index is -0.111. The van der Waals surface area contributed by atoms with Crippen molar-refractivity contribution < 1.29 is 9.53 Å². The van der Waals surface area contributed by atoms with E-state index < -0.39 is 0 Å². The van der Waals surface area contributed by atoms with Crippen LogP contribution in [0.15, 0.2) is 65.6 Å². The van der Waals surface area contributed by atoms with Crippen molar-refractivity contribution in [3.8, 4) is 0 Å². The van der Waals surface area contributed by atoms with E-state index in [-0.39, 0.29) is 5.56 Å². The number of aryl methyl sites for hydroxylation is 1. The number of hydrogen-bond acceptors (Lipinski definition) is 6. The van der Waals surface area contributed by atoms with E-state index in [1.807, 2.05) is 56.3 Å². The molecule has 0 amide bonds. The molecular formula is C23H24N4O3. The van der Waals surface area contributed by atoms with Crippen LogP contribution in [0, 0.1) is 6.92 Å². The number of para-hydroxylation sites is 2. The number of hydrogen-bond donors (Lipinski definition) is 1. The number of nitrogens with zero attached hydrogens (tertiary/aromatic N) is 3. The molecule has 4 aromatic rings. The number of carbonyl (C=O) groups is 1. The molecule has 0 aliphatic rings. The van der Waals surface area contributed by atoms with Gasteiger partial charge in [-0.1, -0.05) is 43.7 Å². The zero-order chi connectivity index (χ0) is 21.3. The molecule has 0 spiro atoms. The van der Waals surface area contributed by atoms with Crippen LogP contribution in [0.5, 0.6) is 0 Å². The SMILES string of the molecule is CCCCOC=O.Cc1ccccc1Nc1ccn2c(=O)c3ccccc3nc2n1. The fourth-order valence-electron chi connectivity index (χ4n) is 2.83. The molecule has 0 atom stereocenters. The summed E-state index contributed by atoms with van der Waals surface area (Å²) in [6.45, 7) is 5.13. The first-order valence-electron chi connectivity index (χ1n) is 9.80. The van der Waals surface area contributed by atoms with Crippen molar-refractivity contribution >= 4 is 34.7 Å². The molecule has 0 fully saturated rings. The van der Waals surface area contributed by atoms with Crippen LogP contribution in [0.1, 0.15) is 25.3 Å². The molecule has 7 heteroatoms. The highest BCUT2D eigenvalue weighted by Gasteiger charge is 2.07. The Bertz CT molecular complexity index is 1200. The lowest BCUT2D eigenvalue weighted by atomic mass is 10.2. The van der Waals surface area contributed by atoms with Gasteiger partial charge < -0.3 is 10.1 Å². The summed E-state index contributed by atoms with van der Waals surface area (Å²) in [5, 5.41) is 3.85. The summed E-state index contributed by atoms with van der Waals surface area (Å²) in [6, 6.07) is 17.0. The normalized spacial score (nSPS) is 10.3. The molecule has 0 saturated heterocycles. The summed E-state index contributed by atoms with van der Waals surface area (Å²) < 4.78 is 5.86. The van der Waals surface area contributed by atoms with Crippen molar-refractivity contribution in [3.63, 3.8) is 0 Å². The van der Waals surface area contributed by atoms with E-state index >= 15 is 0 Å². The van der Waals surface area contributed by atoms with Gasteiger partial charge in [-0.2, -0.15) is 4.98 Å². The van der Waals surface area contributed by atoms with Crippen molar-refractivity contribution in [1.82, 2.24) is 14.4 Å². The van der Waals surface area contributed by atoms with Crippen LogP contribution in [0.4, 0.5) is 11.5 Å².